The van der Waals surface area contributed by atoms with Gasteiger partial charge < -0.3 is 15.4 Å². The third kappa shape index (κ3) is 2.41. The summed E-state index contributed by atoms with van der Waals surface area (Å²) in [6.45, 7) is 0.994. The highest BCUT2D eigenvalue weighted by molar-refractivity contribution is 5.39. The van der Waals surface area contributed by atoms with Crippen molar-refractivity contribution >= 4 is 5.82 Å². The maximum atomic E-state index is 5.76. The van der Waals surface area contributed by atoms with Crippen LogP contribution in [0.25, 0.3) is 0 Å². The van der Waals surface area contributed by atoms with Crippen molar-refractivity contribution in [2.45, 2.75) is 18.9 Å². The van der Waals surface area contributed by atoms with Gasteiger partial charge in [-0.15, -0.1) is 0 Å². The van der Waals surface area contributed by atoms with Crippen molar-refractivity contribution < 1.29 is 4.74 Å². The second-order valence-electron chi connectivity index (χ2n) is 4.40. The first-order valence-electron chi connectivity index (χ1n) is 5.51. The van der Waals surface area contributed by atoms with Crippen LogP contribution in [0.5, 0.6) is 5.88 Å². The minimum Gasteiger partial charge on any atom is -0.481 e. The Kier molecular flexibility index (Phi) is 3.24. The Bertz CT molecular complexity index is 352. The first-order chi connectivity index (χ1) is 7.69. The predicted molar refractivity (Wildman–Crippen MR) is 62.6 cm³/mol. The van der Waals surface area contributed by atoms with E-state index in [1.165, 1.54) is 6.33 Å². The molecule has 1 heterocycles. The molecule has 0 spiro atoms. The van der Waals surface area contributed by atoms with Crippen LogP contribution in [-0.4, -0.2) is 36.7 Å². The number of hydrogen-bond donors (Lipinski definition) is 1. The lowest BCUT2D eigenvalue weighted by Gasteiger charge is -2.35. The van der Waals surface area contributed by atoms with Gasteiger partial charge in [-0.1, -0.05) is 0 Å². The van der Waals surface area contributed by atoms with Crippen LogP contribution < -0.4 is 15.4 Å². The van der Waals surface area contributed by atoms with Gasteiger partial charge in [-0.05, 0) is 18.8 Å². The molecule has 0 aromatic carbocycles. The molecule has 1 saturated carbocycles. The lowest BCUT2D eigenvalue weighted by molar-refractivity contribution is 0.270. The molecular weight excluding hydrogens is 204 g/mol. The molecule has 1 aliphatic carbocycles. The quantitative estimate of drug-likeness (QED) is 0.810. The molecule has 1 aliphatic rings. The highest BCUT2D eigenvalue weighted by atomic mass is 16.5. The van der Waals surface area contributed by atoms with E-state index in [1.54, 1.807) is 7.11 Å². The van der Waals surface area contributed by atoms with Crippen molar-refractivity contribution in [3.05, 3.63) is 12.4 Å². The Morgan fingerprint density at radius 1 is 1.50 bits per heavy atom. The molecule has 0 atom stereocenters. The van der Waals surface area contributed by atoms with Crippen molar-refractivity contribution in [3.63, 3.8) is 0 Å². The average molecular weight is 222 g/mol. The second-order valence-corrected chi connectivity index (χ2v) is 4.40. The van der Waals surface area contributed by atoms with E-state index in [-0.39, 0.29) is 0 Å². The fraction of sp³-hybridized carbons (Fsp3) is 0.636. The van der Waals surface area contributed by atoms with Crippen molar-refractivity contribution in [1.82, 2.24) is 9.97 Å². The molecule has 88 valence electrons. The number of aromatic nitrogens is 2. The lowest BCUT2D eigenvalue weighted by Crippen LogP contribution is -2.42. The molecule has 5 heteroatoms. The number of ether oxygens (including phenoxy) is 1. The Morgan fingerprint density at radius 3 is 2.88 bits per heavy atom. The zero-order valence-corrected chi connectivity index (χ0v) is 9.76. The zero-order valence-electron chi connectivity index (χ0n) is 9.76. The number of nitrogens with zero attached hydrogens (tertiary/aromatic N) is 3. The van der Waals surface area contributed by atoms with E-state index in [9.17, 15) is 0 Å². The zero-order chi connectivity index (χ0) is 11.5. The van der Waals surface area contributed by atoms with Crippen LogP contribution in [0.2, 0.25) is 0 Å². The van der Waals surface area contributed by atoms with Crippen LogP contribution in [0.4, 0.5) is 5.82 Å². The Hall–Kier alpha value is -1.36. The van der Waals surface area contributed by atoms with E-state index >= 15 is 0 Å². The summed E-state index contributed by atoms with van der Waals surface area (Å²) in [6, 6.07) is 2.25. The van der Waals surface area contributed by atoms with Gasteiger partial charge in [-0.3, -0.25) is 0 Å². The molecule has 1 aromatic rings. The fourth-order valence-electron chi connectivity index (χ4n) is 2.07. The number of methoxy groups -OCH3 is 1. The molecule has 2 rings (SSSR count). The average Bonchev–Trinajstić information content (AvgIpc) is 2.27. The second kappa shape index (κ2) is 4.65. The molecule has 5 nitrogen and oxygen atoms in total. The van der Waals surface area contributed by atoms with Gasteiger partial charge in [0.2, 0.25) is 5.88 Å². The van der Waals surface area contributed by atoms with E-state index in [0.29, 0.717) is 17.8 Å². The largest absolute Gasteiger partial charge is 0.481 e. The van der Waals surface area contributed by atoms with E-state index in [0.717, 1.165) is 25.2 Å². The molecule has 0 saturated heterocycles. The minimum atomic E-state index is 0.401. The summed E-state index contributed by atoms with van der Waals surface area (Å²) in [4.78, 5) is 10.3. The SMILES string of the molecule is COc1cc(N(C)CC2CC(N)C2)ncn1. The Balaban J connectivity index is 1.94. The van der Waals surface area contributed by atoms with Gasteiger partial charge in [0.1, 0.15) is 12.1 Å². The minimum absolute atomic E-state index is 0.401. The highest BCUT2D eigenvalue weighted by Crippen LogP contribution is 2.27. The van der Waals surface area contributed by atoms with Gasteiger partial charge in [-0.2, -0.15) is 0 Å². The van der Waals surface area contributed by atoms with Crippen LogP contribution in [0, 0.1) is 5.92 Å². The first kappa shape index (κ1) is 11.1. The van der Waals surface area contributed by atoms with Gasteiger partial charge in [0.25, 0.3) is 0 Å². The molecule has 0 aliphatic heterocycles. The summed E-state index contributed by atoms with van der Waals surface area (Å²) < 4.78 is 5.07. The van der Waals surface area contributed by atoms with E-state index in [4.69, 9.17) is 10.5 Å². The molecular formula is C11H18N4O. The van der Waals surface area contributed by atoms with Crippen molar-refractivity contribution in [2.24, 2.45) is 11.7 Å². The summed E-state index contributed by atoms with van der Waals surface area (Å²) in [5.41, 5.74) is 5.76. The normalized spacial score (nSPS) is 23.7. The van der Waals surface area contributed by atoms with Crippen molar-refractivity contribution in [2.75, 3.05) is 25.6 Å². The van der Waals surface area contributed by atoms with Gasteiger partial charge >= 0.3 is 0 Å². The van der Waals surface area contributed by atoms with Crippen LogP contribution >= 0.6 is 0 Å². The summed E-state index contributed by atoms with van der Waals surface area (Å²) >= 11 is 0. The number of anilines is 1. The molecule has 16 heavy (non-hydrogen) atoms. The highest BCUT2D eigenvalue weighted by Gasteiger charge is 2.27. The van der Waals surface area contributed by atoms with Gasteiger partial charge in [0, 0.05) is 25.7 Å². The summed E-state index contributed by atoms with van der Waals surface area (Å²) in [5, 5.41) is 0. The Morgan fingerprint density at radius 2 is 2.25 bits per heavy atom. The van der Waals surface area contributed by atoms with Crippen molar-refractivity contribution in [1.29, 1.82) is 0 Å². The summed E-state index contributed by atoms with van der Waals surface area (Å²) in [5.74, 6) is 2.19. The van der Waals surface area contributed by atoms with Crippen LogP contribution in [0.1, 0.15) is 12.8 Å². The van der Waals surface area contributed by atoms with Crippen LogP contribution in [0.15, 0.2) is 12.4 Å². The third-order valence-corrected chi connectivity index (χ3v) is 3.03. The van der Waals surface area contributed by atoms with Crippen LogP contribution in [0.3, 0.4) is 0 Å². The maximum absolute atomic E-state index is 5.76. The van der Waals surface area contributed by atoms with E-state index < -0.39 is 0 Å². The Labute approximate surface area is 95.6 Å². The monoisotopic (exact) mass is 222 g/mol. The molecule has 2 N–H and O–H groups in total. The van der Waals surface area contributed by atoms with Crippen LogP contribution in [-0.2, 0) is 0 Å². The van der Waals surface area contributed by atoms with E-state index in [2.05, 4.69) is 14.9 Å². The standard InChI is InChI=1S/C11H18N4O/c1-15(6-8-3-9(12)4-8)10-5-11(16-2)14-7-13-10/h5,7-9H,3-4,6,12H2,1-2H3. The first-order valence-corrected chi connectivity index (χ1v) is 5.51. The fourth-order valence-corrected chi connectivity index (χ4v) is 2.07. The number of hydrogen-bond acceptors (Lipinski definition) is 5. The molecule has 0 unspecified atom stereocenters. The number of rotatable bonds is 4. The third-order valence-electron chi connectivity index (χ3n) is 3.03. The molecule has 0 radical (unpaired) electrons. The predicted octanol–water partition coefficient (Wildman–Crippen LogP) is 0.659. The molecule has 0 amide bonds. The van der Waals surface area contributed by atoms with Gasteiger partial charge in [0.05, 0.1) is 7.11 Å². The number of nitrogens with two attached hydrogens (primary N) is 1. The van der Waals surface area contributed by atoms with Gasteiger partial charge in [0.15, 0.2) is 0 Å². The maximum Gasteiger partial charge on any atom is 0.218 e. The molecule has 1 aromatic heterocycles. The molecule has 0 bridgehead atoms. The lowest BCUT2D eigenvalue weighted by atomic mass is 9.81. The van der Waals surface area contributed by atoms with E-state index in [1.807, 2.05) is 13.1 Å². The van der Waals surface area contributed by atoms with Crippen molar-refractivity contribution in [3.8, 4) is 5.88 Å². The smallest absolute Gasteiger partial charge is 0.218 e. The topological polar surface area (TPSA) is 64.3 Å². The summed E-state index contributed by atoms with van der Waals surface area (Å²) in [6.07, 6.45) is 3.76. The molecule has 1 fully saturated rings. The summed E-state index contributed by atoms with van der Waals surface area (Å²) in [7, 11) is 3.64. The van der Waals surface area contributed by atoms with Gasteiger partial charge in [-0.25, -0.2) is 9.97 Å².